The molecule has 3 rings (SSSR count). The van der Waals surface area contributed by atoms with Crippen LogP contribution in [0.5, 0.6) is 0 Å². The average Bonchev–Trinajstić information content (AvgIpc) is 2.73. The van der Waals surface area contributed by atoms with Gasteiger partial charge >= 0.3 is 0 Å². The lowest BCUT2D eigenvalue weighted by molar-refractivity contribution is 0.714. The molecule has 0 aliphatic heterocycles. The Kier molecular flexibility index (Phi) is 3.25. The first-order chi connectivity index (χ1) is 9.24. The average molecular weight is 248 g/mol. The summed E-state index contributed by atoms with van der Waals surface area (Å²) in [6, 6.07) is 17.6. The number of aryl methyl sites for hydroxylation is 2. The molecule has 1 atom stereocenters. The van der Waals surface area contributed by atoms with E-state index in [0.29, 0.717) is 5.92 Å². The fourth-order valence-electron chi connectivity index (χ4n) is 3.06. The molecule has 2 aromatic carbocycles. The smallest absolute Gasteiger partial charge is 0.00579 e. The molecule has 19 heavy (non-hydrogen) atoms. The SMILES string of the molecule is CC1=Cc2ccc(C)cc2C1CCc1ccccc1. The molecule has 0 saturated heterocycles. The van der Waals surface area contributed by atoms with Gasteiger partial charge in [-0.25, -0.2) is 0 Å². The van der Waals surface area contributed by atoms with E-state index >= 15 is 0 Å². The summed E-state index contributed by atoms with van der Waals surface area (Å²) in [5, 5.41) is 0. The number of hydrogen-bond donors (Lipinski definition) is 0. The van der Waals surface area contributed by atoms with E-state index < -0.39 is 0 Å². The molecule has 1 aliphatic carbocycles. The van der Waals surface area contributed by atoms with Crippen molar-refractivity contribution in [1.82, 2.24) is 0 Å². The van der Waals surface area contributed by atoms with E-state index in [1.54, 1.807) is 0 Å². The fraction of sp³-hybridized carbons (Fsp3) is 0.263. The summed E-state index contributed by atoms with van der Waals surface area (Å²) < 4.78 is 0. The summed E-state index contributed by atoms with van der Waals surface area (Å²) >= 11 is 0. The molecule has 0 amide bonds. The molecule has 1 unspecified atom stereocenters. The van der Waals surface area contributed by atoms with Crippen LogP contribution < -0.4 is 0 Å². The van der Waals surface area contributed by atoms with E-state index in [2.05, 4.69) is 68.5 Å². The zero-order valence-corrected chi connectivity index (χ0v) is 11.7. The summed E-state index contributed by atoms with van der Waals surface area (Å²) in [6.07, 6.45) is 4.72. The Morgan fingerprint density at radius 3 is 2.53 bits per heavy atom. The van der Waals surface area contributed by atoms with Gasteiger partial charge in [-0.2, -0.15) is 0 Å². The highest BCUT2D eigenvalue weighted by Gasteiger charge is 2.22. The molecule has 0 radical (unpaired) electrons. The van der Waals surface area contributed by atoms with Gasteiger partial charge in [-0.3, -0.25) is 0 Å². The summed E-state index contributed by atoms with van der Waals surface area (Å²) in [7, 11) is 0. The van der Waals surface area contributed by atoms with Gasteiger partial charge in [0.05, 0.1) is 0 Å². The molecule has 1 aliphatic rings. The van der Waals surface area contributed by atoms with E-state index in [9.17, 15) is 0 Å². The number of hydrogen-bond acceptors (Lipinski definition) is 0. The molecule has 0 nitrogen and oxygen atoms in total. The van der Waals surface area contributed by atoms with Crippen molar-refractivity contribution < 1.29 is 0 Å². The molecule has 0 heteroatoms. The molecule has 0 bridgehead atoms. The second-order valence-electron chi connectivity index (χ2n) is 5.60. The maximum absolute atomic E-state index is 2.36. The first-order valence-corrected chi connectivity index (χ1v) is 7.07. The predicted octanol–water partition coefficient (Wildman–Crippen LogP) is 5.13. The van der Waals surface area contributed by atoms with Gasteiger partial charge in [0.2, 0.25) is 0 Å². The third-order valence-electron chi connectivity index (χ3n) is 4.12. The van der Waals surface area contributed by atoms with E-state index in [4.69, 9.17) is 0 Å². The minimum absolute atomic E-state index is 0.607. The number of fused-ring (bicyclic) bond motifs is 1. The summed E-state index contributed by atoms with van der Waals surface area (Å²) in [6.45, 7) is 4.45. The topological polar surface area (TPSA) is 0 Å². The molecule has 0 aromatic heterocycles. The third-order valence-corrected chi connectivity index (χ3v) is 4.12. The molecule has 0 saturated carbocycles. The Hall–Kier alpha value is -1.82. The first kappa shape index (κ1) is 12.2. The molecule has 0 N–H and O–H groups in total. The van der Waals surface area contributed by atoms with Gasteiger partial charge in [-0.05, 0) is 43.4 Å². The monoisotopic (exact) mass is 248 g/mol. The van der Waals surface area contributed by atoms with Crippen molar-refractivity contribution in [2.75, 3.05) is 0 Å². The van der Waals surface area contributed by atoms with Crippen LogP contribution in [0.25, 0.3) is 6.08 Å². The Balaban J connectivity index is 1.79. The van der Waals surface area contributed by atoms with Crippen LogP contribution in [0.2, 0.25) is 0 Å². The normalized spacial score (nSPS) is 17.2. The van der Waals surface area contributed by atoms with Gasteiger partial charge in [0, 0.05) is 5.92 Å². The van der Waals surface area contributed by atoms with Crippen molar-refractivity contribution in [2.24, 2.45) is 0 Å². The minimum Gasteiger partial charge on any atom is -0.0652 e. The van der Waals surface area contributed by atoms with Gasteiger partial charge < -0.3 is 0 Å². The van der Waals surface area contributed by atoms with Crippen LogP contribution in [0.4, 0.5) is 0 Å². The lowest BCUT2D eigenvalue weighted by Gasteiger charge is -2.15. The van der Waals surface area contributed by atoms with Crippen LogP contribution in [0.3, 0.4) is 0 Å². The second kappa shape index (κ2) is 5.05. The van der Waals surface area contributed by atoms with Crippen molar-refractivity contribution in [2.45, 2.75) is 32.6 Å². The lowest BCUT2D eigenvalue weighted by atomic mass is 9.89. The van der Waals surface area contributed by atoms with Crippen LogP contribution in [0.15, 0.2) is 54.1 Å². The van der Waals surface area contributed by atoms with Gasteiger partial charge in [-0.1, -0.05) is 65.7 Å². The van der Waals surface area contributed by atoms with Crippen molar-refractivity contribution in [3.63, 3.8) is 0 Å². The Labute approximate surface area is 115 Å². The maximum Gasteiger partial charge on any atom is 0.00579 e. The molecule has 0 fully saturated rings. The van der Waals surface area contributed by atoms with E-state index in [-0.39, 0.29) is 0 Å². The Morgan fingerprint density at radius 1 is 0.947 bits per heavy atom. The molecule has 0 heterocycles. The van der Waals surface area contributed by atoms with Crippen LogP contribution >= 0.6 is 0 Å². The van der Waals surface area contributed by atoms with Crippen LogP contribution in [0, 0.1) is 6.92 Å². The van der Waals surface area contributed by atoms with Crippen molar-refractivity contribution >= 4 is 6.08 Å². The molecular weight excluding hydrogens is 228 g/mol. The summed E-state index contributed by atoms with van der Waals surface area (Å²) in [4.78, 5) is 0. The molecular formula is C19H20. The van der Waals surface area contributed by atoms with Gasteiger partial charge in [0.25, 0.3) is 0 Å². The highest BCUT2D eigenvalue weighted by Crippen LogP contribution is 2.39. The lowest BCUT2D eigenvalue weighted by Crippen LogP contribution is -2.00. The number of rotatable bonds is 3. The van der Waals surface area contributed by atoms with Crippen LogP contribution in [-0.4, -0.2) is 0 Å². The van der Waals surface area contributed by atoms with Crippen molar-refractivity contribution in [3.8, 4) is 0 Å². The number of benzene rings is 2. The van der Waals surface area contributed by atoms with Crippen LogP contribution in [0.1, 0.15) is 41.5 Å². The van der Waals surface area contributed by atoms with E-state index in [1.807, 2.05) is 0 Å². The summed E-state index contributed by atoms with van der Waals surface area (Å²) in [5.41, 5.74) is 7.26. The predicted molar refractivity (Wildman–Crippen MR) is 82.3 cm³/mol. The van der Waals surface area contributed by atoms with Gasteiger partial charge in [0.1, 0.15) is 0 Å². The minimum atomic E-state index is 0.607. The quantitative estimate of drug-likeness (QED) is 0.706. The molecule has 0 spiro atoms. The van der Waals surface area contributed by atoms with Crippen LogP contribution in [-0.2, 0) is 6.42 Å². The zero-order valence-electron chi connectivity index (χ0n) is 11.7. The molecule has 2 aromatic rings. The van der Waals surface area contributed by atoms with E-state index in [0.717, 1.165) is 6.42 Å². The fourth-order valence-corrected chi connectivity index (χ4v) is 3.06. The highest BCUT2D eigenvalue weighted by molar-refractivity contribution is 5.66. The third kappa shape index (κ3) is 2.49. The molecule has 96 valence electrons. The van der Waals surface area contributed by atoms with E-state index in [1.165, 1.54) is 34.2 Å². The largest absolute Gasteiger partial charge is 0.0652 e. The maximum atomic E-state index is 2.36. The number of allylic oxidation sites excluding steroid dienone is 1. The summed E-state index contributed by atoms with van der Waals surface area (Å²) in [5.74, 6) is 0.607. The standard InChI is InChI=1S/C19H20/c1-14-8-10-17-13-15(2)18(19(17)12-14)11-9-16-6-4-3-5-7-16/h3-8,10,12-13,18H,9,11H2,1-2H3. The van der Waals surface area contributed by atoms with Gasteiger partial charge in [-0.15, -0.1) is 0 Å². The van der Waals surface area contributed by atoms with Crippen molar-refractivity contribution in [3.05, 3.63) is 76.4 Å². The Morgan fingerprint density at radius 2 is 1.74 bits per heavy atom. The van der Waals surface area contributed by atoms with Gasteiger partial charge in [0.15, 0.2) is 0 Å². The Bertz CT molecular complexity index is 605. The highest BCUT2D eigenvalue weighted by atomic mass is 14.3. The first-order valence-electron chi connectivity index (χ1n) is 7.07. The van der Waals surface area contributed by atoms with Crippen molar-refractivity contribution in [1.29, 1.82) is 0 Å². The second-order valence-corrected chi connectivity index (χ2v) is 5.60. The zero-order chi connectivity index (χ0) is 13.2.